The predicted octanol–water partition coefficient (Wildman–Crippen LogP) is 4.16. The molecule has 0 aromatic carbocycles. The van der Waals surface area contributed by atoms with Crippen LogP contribution in [0.3, 0.4) is 0 Å². The number of hydrogen-bond acceptors (Lipinski definition) is 5. The molecular formula is C20H18F2N6. The molecule has 3 fully saturated rings. The van der Waals surface area contributed by atoms with E-state index in [2.05, 4.69) is 25.5 Å². The normalized spacial score (nSPS) is 23.7. The lowest BCUT2D eigenvalue weighted by Gasteiger charge is -2.42. The Labute approximate surface area is 160 Å². The number of fused-ring (bicyclic) bond motifs is 4. The number of halogens is 2. The number of nitrogens with zero attached hydrogens (tertiary/aromatic N) is 4. The Kier molecular flexibility index (Phi) is 3.97. The van der Waals surface area contributed by atoms with E-state index in [0.717, 1.165) is 25.5 Å². The lowest BCUT2D eigenvalue weighted by Crippen LogP contribution is -2.40. The highest BCUT2D eigenvalue weighted by atomic mass is 19.1. The van der Waals surface area contributed by atoms with Gasteiger partial charge in [-0.1, -0.05) is 12.8 Å². The molecule has 3 aliphatic carbocycles. The largest absolute Gasteiger partial charge is 0.365 e. The van der Waals surface area contributed by atoms with Crippen LogP contribution >= 0.6 is 0 Å². The summed E-state index contributed by atoms with van der Waals surface area (Å²) in [5.41, 5.74) is 0.961. The van der Waals surface area contributed by atoms with E-state index in [4.69, 9.17) is 0 Å². The van der Waals surface area contributed by atoms with Crippen molar-refractivity contribution in [3.63, 3.8) is 0 Å². The van der Waals surface area contributed by atoms with Crippen molar-refractivity contribution in [2.75, 3.05) is 5.32 Å². The van der Waals surface area contributed by atoms with Gasteiger partial charge >= 0.3 is 0 Å². The fraction of sp³-hybridized carbons (Fsp3) is 0.400. The fourth-order valence-corrected chi connectivity index (χ4v) is 4.65. The monoisotopic (exact) mass is 380 g/mol. The average Bonchev–Trinajstić information content (AvgIpc) is 3.13. The zero-order valence-corrected chi connectivity index (χ0v) is 15.0. The van der Waals surface area contributed by atoms with Gasteiger partial charge in [-0.05, 0) is 43.2 Å². The van der Waals surface area contributed by atoms with Crippen LogP contribution in [0.25, 0.3) is 22.4 Å². The third-order valence-corrected chi connectivity index (χ3v) is 6.08. The van der Waals surface area contributed by atoms with E-state index in [-0.39, 0.29) is 23.1 Å². The number of nitrogens with one attached hydrogen (secondary N) is 2. The number of pyridine rings is 2. The van der Waals surface area contributed by atoms with Gasteiger partial charge in [0, 0.05) is 6.04 Å². The Hall–Kier alpha value is -3.08. The Balaban J connectivity index is 1.57. The van der Waals surface area contributed by atoms with Gasteiger partial charge in [-0.2, -0.15) is 10.4 Å². The van der Waals surface area contributed by atoms with Crippen molar-refractivity contribution in [3.8, 4) is 17.5 Å². The van der Waals surface area contributed by atoms with Gasteiger partial charge in [0.25, 0.3) is 0 Å². The van der Waals surface area contributed by atoms with E-state index < -0.39 is 11.6 Å². The number of rotatable bonds is 3. The van der Waals surface area contributed by atoms with Crippen LogP contribution in [0.4, 0.5) is 14.6 Å². The maximum absolute atomic E-state index is 14.7. The number of H-pyrrole nitrogens is 1. The molecule has 3 aliphatic rings. The van der Waals surface area contributed by atoms with Crippen molar-refractivity contribution in [2.45, 2.75) is 38.1 Å². The molecule has 142 valence electrons. The third-order valence-electron chi connectivity index (χ3n) is 6.08. The molecular weight excluding hydrogens is 362 g/mol. The van der Waals surface area contributed by atoms with Gasteiger partial charge in [0.2, 0.25) is 0 Å². The molecule has 1 atom stereocenters. The smallest absolute Gasteiger partial charge is 0.181 e. The molecule has 3 aromatic heterocycles. The van der Waals surface area contributed by atoms with Gasteiger partial charge in [-0.3, -0.25) is 5.10 Å². The molecule has 0 spiro atoms. The van der Waals surface area contributed by atoms with Crippen LogP contribution in [0.5, 0.6) is 0 Å². The van der Waals surface area contributed by atoms with Crippen molar-refractivity contribution < 1.29 is 8.78 Å². The van der Waals surface area contributed by atoms with Crippen LogP contribution in [-0.4, -0.2) is 26.2 Å². The average molecular weight is 380 g/mol. The molecule has 3 heterocycles. The highest BCUT2D eigenvalue weighted by molar-refractivity contribution is 5.91. The number of anilines is 1. The summed E-state index contributed by atoms with van der Waals surface area (Å²) >= 11 is 0. The highest BCUT2D eigenvalue weighted by Crippen LogP contribution is 2.42. The minimum absolute atomic E-state index is 0.0584. The molecule has 3 aromatic rings. The minimum atomic E-state index is -0.560. The quantitative estimate of drug-likeness (QED) is 0.712. The summed E-state index contributed by atoms with van der Waals surface area (Å²) in [7, 11) is 0. The van der Waals surface area contributed by atoms with Crippen LogP contribution in [0.2, 0.25) is 0 Å². The summed E-state index contributed by atoms with van der Waals surface area (Å²) < 4.78 is 28.3. The van der Waals surface area contributed by atoms with Crippen LogP contribution in [0, 0.1) is 34.8 Å². The first-order valence-electron chi connectivity index (χ1n) is 9.49. The summed E-state index contributed by atoms with van der Waals surface area (Å²) in [4.78, 5) is 8.34. The maximum atomic E-state index is 14.7. The molecule has 8 heteroatoms. The minimum Gasteiger partial charge on any atom is -0.365 e. The second kappa shape index (κ2) is 6.51. The van der Waals surface area contributed by atoms with Gasteiger partial charge in [0.1, 0.15) is 17.6 Å². The van der Waals surface area contributed by atoms with E-state index in [1.54, 1.807) is 0 Å². The standard InChI is InChI=1S/C20H18F2N6/c21-13-7-14-18(27-28-19(14)24-9-13)17-12(8-23)6-15(22)20(26-17)25-16-5-10-1-3-11(16)4-2-10/h6-7,9-11,16H,1-5H2,(H,25,26)(H,24,27,28). The summed E-state index contributed by atoms with van der Waals surface area (Å²) in [6.45, 7) is 0. The predicted molar refractivity (Wildman–Crippen MR) is 99.2 cm³/mol. The zero-order chi connectivity index (χ0) is 19.3. The van der Waals surface area contributed by atoms with Crippen LogP contribution in [0.1, 0.15) is 37.7 Å². The molecule has 3 saturated carbocycles. The Morgan fingerprint density at radius 2 is 2.00 bits per heavy atom. The molecule has 2 bridgehead atoms. The lowest BCUT2D eigenvalue weighted by atomic mass is 9.68. The van der Waals surface area contributed by atoms with E-state index >= 15 is 0 Å². The van der Waals surface area contributed by atoms with Crippen molar-refractivity contribution in [1.82, 2.24) is 20.2 Å². The van der Waals surface area contributed by atoms with Crippen molar-refractivity contribution in [1.29, 1.82) is 5.26 Å². The summed E-state index contributed by atoms with van der Waals surface area (Å²) in [6.07, 6.45) is 6.89. The second-order valence-electron chi connectivity index (χ2n) is 7.72. The number of aromatic amines is 1. The zero-order valence-electron chi connectivity index (χ0n) is 15.0. The van der Waals surface area contributed by atoms with Gasteiger partial charge < -0.3 is 5.32 Å². The molecule has 0 radical (unpaired) electrons. The SMILES string of the molecule is N#Cc1cc(F)c(NC2CC3CCC2CC3)nc1-c1[nH]nc2ncc(F)cc12. The second-order valence-corrected chi connectivity index (χ2v) is 7.72. The maximum Gasteiger partial charge on any atom is 0.181 e. The molecule has 0 saturated heterocycles. The van der Waals surface area contributed by atoms with Crippen molar-refractivity contribution in [2.24, 2.45) is 11.8 Å². The molecule has 6 rings (SSSR count). The van der Waals surface area contributed by atoms with Gasteiger partial charge in [0.15, 0.2) is 17.3 Å². The van der Waals surface area contributed by atoms with E-state index in [1.807, 2.05) is 6.07 Å². The molecule has 0 aliphatic heterocycles. The van der Waals surface area contributed by atoms with E-state index in [1.165, 1.54) is 25.0 Å². The molecule has 6 nitrogen and oxygen atoms in total. The molecule has 2 N–H and O–H groups in total. The van der Waals surface area contributed by atoms with Gasteiger partial charge in [-0.15, -0.1) is 0 Å². The molecule has 28 heavy (non-hydrogen) atoms. The first-order valence-corrected chi connectivity index (χ1v) is 9.49. The molecule has 0 amide bonds. The highest BCUT2D eigenvalue weighted by Gasteiger charge is 2.36. The van der Waals surface area contributed by atoms with Gasteiger partial charge in [0.05, 0.1) is 22.8 Å². The topological polar surface area (TPSA) is 90.3 Å². The third kappa shape index (κ3) is 2.78. The van der Waals surface area contributed by atoms with E-state index in [9.17, 15) is 14.0 Å². The number of hydrogen-bond donors (Lipinski definition) is 2. The summed E-state index contributed by atoms with van der Waals surface area (Å²) in [6, 6.07) is 4.61. The van der Waals surface area contributed by atoms with E-state index in [0.29, 0.717) is 28.6 Å². The first-order chi connectivity index (χ1) is 13.6. The van der Waals surface area contributed by atoms with Crippen molar-refractivity contribution >= 4 is 16.9 Å². The Morgan fingerprint density at radius 3 is 2.71 bits per heavy atom. The van der Waals surface area contributed by atoms with Gasteiger partial charge in [-0.25, -0.2) is 18.7 Å². The summed E-state index contributed by atoms with van der Waals surface area (Å²) in [5.74, 6) is 0.256. The fourth-order valence-electron chi connectivity index (χ4n) is 4.65. The lowest BCUT2D eigenvalue weighted by molar-refractivity contribution is 0.157. The summed E-state index contributed by atoms with van der Waals surface area (Å²) in [5, 5.41) is 20.0. The van der Waals surface area contributed by atoms with Crippen LogP contribution < -0.4 is 5.32 Å². The number of nitriles is 1. The van der Waals surface area contributed by atoms with Crippen LogP contribution in [0.15, 0.2) is 18.3 Å². The number of aromatic nitrogens is 4. The van der Waals surface area contributed by atoms with Crippen molar-refractivity contribution in [3.05, 3.63) is 35.5 Å². The Morgan fingerprint density at radius 1 is 1.18 bits per heavy atom. The molecule has 1 unspecified atom stereocenters. The van der Waals surface area contributed by atoms with Crippen LogP contribution in [-0.2, 0) is 0 Å². The Bertz CT molecular complexity index is 1090. The first kappa shape index (κ1) is 17.0.